The maximum Gasteiger partial charge on any atom is 0.254 e. The number of nitrogens with zero attached hydrogens (tertiary/aromatic N) is 7. The minimum absolute atomic E-state index is 0.00806. The number of benzene rings is 2. The molecule has 0 radical (unpaired) electrons. The van der Waals surface area contributed by atoms with Crippen LogP contribution in [0.1, 0.15) is 10.4 Å². The van der Waals surface area contributed by atoms with Crippen LogP contribution in [0.4, 0.5) is 5.82 Å². The highest BCUT2D eigenvalue weighted by Gasteiger charge is 2.23. The molecule has 0 unspecified atom stereocenters. The van der Waals surface area contributed by atoms with Crippen molar-refractivity contribution < 1.29 is 4.79 Å². The first-order chi connectivity index (χ1) is 17.8. The van der Waals surface area contributed by atoms with E-state index in [1.165, 1.54) is 0 Å². The molecular weight excluding hydrogens is 450 g/mol. The van der Waals surface area contributed by atoms with Gasteiger partial charge >= 0.3 is 0 Å². The van der Waals surface area contributed by atoms with Crippen molar-refractivity contribution in [3.05, 3.63) is 84.8 Å². The first kappa shape index (κ1) is 20.6. The quantitative estimate of drug-likeness (QED) is 0.276. The lowest BCUT2D eigenvalue weighted by molar-refractivity contribution is 0.0746. The Bertz CT molecular complexity index is 1780. The van der Waals surface area contributed by atoms with Crippen LogP contribution in [0, 0.1) is 0 Å². The lowest BCUT2D eigenvalue weighted by atomic mass is 10.1. The van der Waals surface area contributed by atoms with Crippen molar-refractivity contribution >= 4 is 55.6 Å². The average Bonchev–Trinajstić information content (AvgIpc) is 2.96. The molecule has 36 heavy (non-hydrogen) atoms. The number of pyridine rings is 3. The molecule has 2 aromatic carbocycles. The first-order valence-corrected chi connectivity index (χ1v) is 11.9. The van der Waals surface area contributed by atoms with Crippen molar-refractivity contribution in [2.75, 3.05) is 31.1 Å². The van der Waals surface area contributed by atoms with Gasteiger partial charge in [-0.15, -0.1) is 0 Å². The molecule has 0 bridgehead atoms. The molecule has 1 aliphatic rings. The number of anilines is 1. The van der Waals surface area contributed by atoms with E-state index in [-0.39, 0.29) is 5.91 Å². The fourth-order valence-electron chi connectivity index (χ4n) is 5.00. The molecule has 1 aliphatic heterocycles. The first-order valence-electron chi connectivity index (χ1n) is 11.9. The average molecular weight is 472 g/mol. The van der Waals surface area contributed by atoms with Gasteiger partial charge in [0.25, 0.3) is 5.91 Å². The number of carbonyl (C=O) groups excluding carboxylic acids is 1. The molecule has 4 aromatic heterocycles. The zero-order valence-corrected chi connectivity index (χ0v) is 19.4. The molecule has 0 saturated carbocycles. The van der Waals surface area contributed by atoms with E-state index in [1.807, 2.05) is 65.6 Å². The zero-order valence-electron chi connectivity index (χ0n) is 19.4. The Morgan fingerprint density at radius 3 is 1.97 bits per heavy atom. The zero-order chi connectivity index (χ0) is 24.1. The molecular formula is C28H21N7O. The number of rotatable bonds is 2. The Morgan fingerprint density at radius 1 is 0.639 bits per heavy atom. The van der Waals surface area contributed by atoms with E-state index in [0.29, 0.717) is 24.2 Å². The normalized spacial score (nSPS) is 14.2. The van der Waals surface area contributed by atoms with Gasteiger partial charge in [0.2, 0.25) is 0 Å². The summed E-state index contributed by atoms with van der Waals surface area (Å²) in [4.78, 5) is 41.0. The second-order valence-corrected chi connectivity index (χ2v) is 8.89. The van der Waals surface area contributed by atoms with E-state index in [1.54, 1.807) is 18.6 Å². The topological polar surface area (TPSA) is 88.0 Å². The largest absolute Gasteiger partial charge is 0.353 e. The summed E-state index contributed by atoms with van der Waals surface area (Å²) in [6.07, 6.45) is 5.33. The van der Waals surface area contributed by atoms with Gasteiger partial charge in [-0.2, -0.15) is 0 Å². The van der Waals surface area contributed by atoms with Gasteiger partial charge in [0.1, 0.15) is 5.82 Å². The van der Waals surface area contributed by atoms with Crippen molar-refractivity contribution in [1.29, 1.82) is 0 Å². The molecule has 1 amide bonds. The van der Waals surface area contributed by atoms with Crippen LogP contribution in [0.25, 0.3) is 43.9 Å². The van der Waals surface area contributed by atoms with Gasteiger partial charge < -0.3 is 9.80 Å². The molecule has 0 N–H and O–H groups in total. The molecule has 8 nitrogen and oxygen atoms in total. The predicted octanol–water partition coefficient (Wildman–Crippen LogP) is 4.24. The van der Waals surface area contributed by atoms with E-state index in [9.17, 15) is 4.79 Å². The third kappa shape index (κ3) is 3.30. The maximum atomic E-state index is 13.4. The summed E-state index contributed by atoms with van der Waals surface area (Å²) in [7, 11) is 0. The highest BCUT2D eigenvalue weighted by molar-refractivity contribution is 6.21. The predicted molar refractivity (Wildman–Crippen MR) is 140 cm³/mol. The van der Waals surface area contributed by atoms with Crippen molar-refractivity contribution in [2.45, 2.75) is 0 Å². The lowest BCUT2D eigenvalue weighted by Gasteiger charge is -2.35. The van der Waals surface area contributed by atoms with E-state index >= 15 is 0 Å². The Morgan fingerprint density at radius 2 is 1.31 bits per heavy atom. The smallest absolute Gasteiger partial charge is 0.254 e. The number of piperazine rings is 1. The molecule has 7 rings (SSSR count). The fourth-order valence-corrected chi connectivity index (χ4v) is 5.00. The van der Waals surface area contributed by atoms with Crippen LogP contribution in [-0.2, 0) is 0 Å². The number of fused-ring (bicyclic) bond motifs is 7. The van der Waals surface area contributed by atoms with Crippen LogP contribution >= 0.6 is 0 Å². The minimum Gasteiger partial charge on any atom is -0.353 e. The lowest BCUT2D eigenvalue weighted by Crippen LogP contribution is -2.49. The summed E-state index contributed by atoms with van der Waals surface area (Å²) >= 11 is 0. The third-order valence-corrected chi connectivity index (χ3v) is 6.80. The SMILES string of the molecule is O=C(c1ccc2nc3c4cccnc4c4ncccc4c3nc2c1)N1CCN(c2ccccn2)CC1. The van der Waals surface area contributed by atoms with Crippen molar-refractivity contribution in [3.63, 3.8) is 0 Å². The molecule has 1 fully saturated rings. The summed E-state index contributed by atoms with van der Waals surface area (Å²) in [5.74, 6) is 0.954. The molecule has 1 saturated heterocycles. The number of carbonyl (C=O) groups is 1. The molecule has 0 aliphatic carbocycles. The maximum absolute atomic E-state index is 13.4. The minimum atomic E-state index is 0.00806. The molecule has 5 heterocycles. The monoisotopic (exact) mass is 471 g/mol. The van der Waals surface area contributed by atoms with E-state index in [0.717, 1.165) is 57.3 Å². The second kappa shape index (κ2) is 8.20. The molecule has 174 valence electrons. The number of hydrogen-bond donors (Lipinski definition) is 0. The third-order valence-electron chi connectivity index (χ3n) is 6.80. The van der Waals surface area contributed by atoms with Crippen LogP contribution < -0.4 is 4.90 Å². The van der Waals surface area contributed by atoms with Gasteiger partial charge in [0.15, 0.2) is 0 Å². The van der Waals surface area contributed by atoms with Crippen LogP contribution in [0.3, 0.4) is 0 Å². The van der Waals surface area contributed by atoms with Crippen molar-refractivity contribution in [2.24, 2.45) is 0 Å². The van der Waals surface area contributed by atoms with Crippen LogP contribution in [0.5, 0.6) is 0 Å². The second-order valence-electron chi connectivity index (χ2n) is 8.89. The van der Waals surface area contributed by atoms with Gasteiger partial charge in [-0.25, -0.2) is 15.0 Å². The standard InChI is InChI=1S/C28H21N7O/c36-28(35-15-13-34(14-16-35)23-7-1-2-10-29-23)18-8-9-21-22(17-18)33-27-20-6-4-12-31-25(20)24-19(26(27)32-21)5-3-11-30-24/h1-12,17H,13-16H2. The molecule has 6 aromatic rings. The summed E-state index contributed by atoms with van der Waals surface area (Å²) in [5.41, 5.74) is 5.21. The summed E-state index contributed by atoms with van der Waals surface area (Å²) in [6, 6.07) is 19.3. The van der Waals surface area contributed by atoms with E-state index < -0.39 is 0 Å². The van der Waals surface area contributed by atoms with Crippen molar-refractivity contribution in [1.82, 2.24) is 29.8 Å². The fraction of sp³-hybridized carbons (Fsp3) is 0.143. The molecule has 8 heteroatoms. The highest BCUT2D eigenvalue weighted by atomic mass is 16.2. The van der Waals surface area contributed by atoms with E-state index in [4.69, 9.17) is 9.97 Å². The summed E-state index contributed by atoms with van der Waals surface area (Å²) in [6.45, 7) is 2.79. The Kier molecular flexibility index (Phi) is 4.70. The highest BCUT2D eigenvalue weighted by Crippen LogP contribution is 2.32. The van der Waals surface area contributed by atoms with Gasteiger partial charge in [-0.05, 0) is 54.6 Å². The van der Waals surface area contributed by atoms with Gasteiger partial charge in [-0.3, -0.25) is 14.8 Å². The van der Waals surface area contributed by atoms with Crippen molar-refractivity contribution in [3.8, 4) is 0 Å². The number of amides is 1. The summed E-state index contributed by atoms with van der Waals surface area (Å²) in [5, 5.41) is 1.81. The summed E-state index contributed by atoms with van der Waals surface area (Å²) < 4.78 is 0. The molecule has 0 spiro atoms. The Labute approximate surface area is 206 Å². The Hall–Kier alpha value is -4.72. The van der Waals surface area contributed by atoms with Gasteiger partial charge in [0.05, 0.1) is 33.1 Å². The van der Waals surface area contributed by atoms with Crippen LogP contribution in [0.15, 0.2) is 79.3 Å². The van der Waals surface area contributed by atoms with Crippen LogP contribution in [0.2, 0.25) is 0 Å². The van der Waals surface area contributed by atoms with E-state index in [2.05, 4.69) is 19.9 Å². The number of aromatic nitrogens is 5. The van der Waals surface area contributed by atoms with Crippen LogP contribution in [-0.4, -0.2) is 61.9 Å². The molecule has 0 atom stereocenters. The Balaban J connectivity index is 1.26. The number of hydrogen-bond acceptors (Lipinski definition) is 7. The van der Waals surface area contributed by atoms with Gasteiger partial charge in [-0.1, -0.05) is 6.07 Å². The van der Waals surface area contributed by atoms with Gasteiger partial charge in [0, 0.05) is 61.1 Å².